The fourth-order valence-corrected chi connectivity index (χ4v) is 5.07. The van der Waals surface area contributed by atoms with Crippen LogP contribution in [0.3, 0.4) is 0 Å². The van der Waals surface area contributed by atoms with Gasteiger partial charge in [0, 0.05) is 25.7 Å². The zero-order valence-corrected chi connectivity index (χ0v) is 24.3. The smallest absolute Gasteiger partial charge is 0.349 e. The monoisotopic (exact) mass is 536 g/mol. The topological polar surface area (TPSA) is 105 Å². The summed E-state index contributed by atoms with van der Waals surface area (Å²) in [4.78, 5) is 21.6. The maximum absolute atomic E-state index is 8.88. The van der Waals surface area contributed by atoms with Crippen LogP contribution in [0.2, 0.25) is 0 Å². The van der Waals surface area contributed by atoms with E-state index in [1.807, 2.05) is 0 Å². The van der Waals surface area contributed by atoms with Crippen molar-refractivity contribution < 1.29 is 33.5 Å². The minimum absolute atomic E-state index is 0.333. The van der Waals surface area contributed by atoms with Gasteiger partial charge in [-0.15, -0.1) is 0 Å². The van der Waals surface area contributed by atoms with Crippen molar-refractivity contribution in [1.82, 2.24) is 0 Å². The lowest BCUT2D eigenvalue weighted by Crippen LogP contribution is -2.57. The van der Waals surface area contributed by atoms with E-state index in [1.165, 1.54) is 116 Å². The van der Waals surface area contributed by atoms with Crippen LogP contribution in [0.1, 0.15) is 155 Å². The molecule has 8 heteroatoms. The molecule has 3 N–H and O–H groups in total. The molecule has 2 aliphatic heterocycles. The molecular formula is C28H57O7P. The number of hydrogen-bond donors (Lipinski definition) is 3. The molecule has 216 valence electrons. The SMILES string of the molecule is CCCCCCCCCCCC1(OC2(CCCCCCCCCCC)CCO2)CCO1.O=P(O)(O)O. The fraction of sp³-hybridized carbons (Fsp3) is 1.00. The van der Waals surface area contributed by atoms with Gasteiger partial charge in [0.2, 0.25) is 0 Å². The fourth-order valence-electron chi connectivity index (χ4n) is 5.07. The van der Waals surface area contributed by atoms with Crippen LogP contribution in [-0.2, 0) is 18.8 Å². The van der Waals surface area contributed by atoms with Gasteiger partial charge in [-0.2, -0.15) is 0 Å². The van der Waals surface area contributed by atoms with Crippen molar-refractivity contribution in [1.29, 1.82) is 0 Å². The van der Waals surface area contributed by atoms with E-state index in [0.717, 1.165) is 38.9 Å². The van der Waals surface area contributed by atoms with Crippen molar-refractivity contribution in [3.05, 3.63) is 0 Å². The second-order valence-electron chi connectivity index (χ2n) is 10.8. The summed E-state index contributed by atoms with van der Waals surface area (Å²) in [7, 11) is -4.64. The molecule has 0 spiro atoms. The number of ether oxygens (including phenoxy) is 3. The van der Waals surface area contributed by atoms with E-state index in [9.17, 15) is 0 Å². The van der Waals surface area contributed by atoms with E-state index in [0.29, 0.717) is 0 Å². The molecule has 2 unspecified atom stereocenters. The van der Waals surface area contributed by atoms with E-state index in [1.54, 1.807) is 0 Å². The van der Waals surface area contributed by atoms with Gasteiger partial charge in [0.1, 0.15) is 0 Å². The lowest BCUT2D eigenvalue weighted by Gasteiger charge is -2.51. The predicted octanol–water partition coefficient (Wildman–Crippen LogP) is 8.15. The third-order valence-electron chi connectivity index (χ3n) is 7.39. The van der Waals surface area contributed by atoms with Crippen molar-refractivity contribution >= 4 is 7.82 Å². The van der Waals surface area contributed by atoms with E-state index in [2.05, 4.69) is 13.8 Å². The second-order valence-corrected chi connectivity index (χ2v) is 11.8. The molecule has 0 aromatic heterocycles. The Morgan fingerprint density at radius 3 is 1.06 bits per heavy atom. The molecule has 2 atom stereocenters. The number of rotatable bonds is 22. The Balaban J connectivity index is 0.00000118. The minimum atomic E-state index is -4.64. The maximum Gasteiger partial charge on any atom is 0.466 e. The molecule has 7 nitrogen and oxygen atoms in total. The number of phosphoric acid groups is 1. The number of hydrogen-bond acceptors (Lipinski definition) is 4. The normalized spacial score (nSPS) is 23.5. The Labute approximate surface area is 221 Å². The first kappa shape index (κ1) is 34.0. The van der Waals surface area contributed by atoms with Gasteiger partial charge >= 0.3 is 7.82 Å². The highest BCUT2D eigenvalue weighted by molar-refractivity contribution is 7.45. The van der Waals surface area contributed by atoms with Crippen LogP contribution in [0, 0.1) is 0 Å². The lowest BCUT2D eigenvalue weighted by atomic mass is 9.95. The Bertz CT molecular complexity index is 512. The second kappa shape index (κ2) is 20.0. The molecule has 36 heavy (non-hydrogen) atoms. The summed E-state index contributed by atoms with van der Waals surface area (Å²) in [5.74, 6) is -0.665. The van der Waals surface area contributed by atoms with Crippen LogP contribution < -0.4 is 0 Å². The van der Waals surface area contributed by atoms with Crippen LogP contribution >= 0.6 is 7.82 Å². The van der Waals surface area contributed by atoms with Crippen molar-refractivity contribution in [2.75, 3.05) is 13.2 Å². The zero-order valence-electron chi connectivity index (χ0n) is 23.4. The van der Waals surface area contributed by atoms with Crippen LogP contribution in [0.15, 0.2) is 0 Å². The van der Waals surface area contributed by atoms with Gasteiger partial charge in [0.25, 0.3) is 0 Å². The van der Waals surface area contributed by atoms with Crippen LogP contribution in [0.5, 0.6) is 0 Å². The Kier molecular flexibility index (Phi) is 18.9. The van der Waals surface area contributed by atoms with Gasteiger partial charge in [0.15, 0.2) is 11.6 Å². The van der Waals surface area contributed by atoms with E-state index in [-0.39, 0.29) is 11.6 Å². The van der Waals surface area contributed by atoms with Gasteiger partial charge < -0.3 is 28.9 Å². The average Bonchev–Trinajstić information content (AvgIpc) is 2.76. The summed E-state index contributed by atoms with van der Waals surface area (Å²) < 4.78 is 27.5. The van der Waals surface area contributed by atoms with Crippen molar-refractivity contribution in [3.63, 3.8) is 0 Å². The molecule has 0 aliphatic carbocycles. The van der Waals surface area contributed by atoms with Crippen molar-refractivity contribution in [3.8, 4) is 0 Å². The summed E-state index contributed by atoms with van der Waals surface area (Å²) in [6.07, 6.45) is 28.8. The minimum Gasteiger partial charge on any atom is -0.349 e. The average molecular weight is 537 g/mol. The van der Waals surface area contributed by atoms with Gasteiger partial charge in [0.05, 0.1) is 13.2 Å². The Hall–Kier alpha value is -0.0100. The highest BCUT2D eigenvalue weighted by Crippen LogP contribution is 2.44. The highest BCUT2D eigenvalue weighted by atomic mass is 31.2. The molecule has 2 saturated heterocycles. The first-order valence-corrected chi connectivity index (χ1v) is 16.6. The van der Waals surface area contributed by atoms with Crippen LogP contribution in [0.25, 0.3) is 0 Å². The number of unbranched alkanes of at least 4 members (excludes halogenated alkanes) is 16. The molecule has 0 radical (unpaired) electrons. The van der Waals surface area contributed by atoms with E-state index < -0.39 is 7.82 Å². The molecule has 0 aromatic carbocycles. The van der Waals surface area contributed by atoms with Crippen molar-refractivity contribution in [2.45, 2.75) is 167 Å². The summed E-state index contributed by atoms with van der Waals surface area (Å²) in [5, 5.41) is 0. The van der Waals surface area contributed by atoms with Gasteiger partial charge in [-0.05, 0) is 12.8 Å². The Morgan fingerprint density at radius 2 is 0.833 bits per heavy atom. The summed E-state index contributed by atoms with van der Waals surface area (Å²) in [6, 6.07) is 0. The zero-order chi connectivity index (χ0) is 26.6. The third-order valence-corrected chi connectivity index (χ3v) is 7.39. The first-order chi connectivity index (χ1) is 17.2. The van der Waals surface area contributed by atoms with Crippen LogP contribution in [0.4, 0.5) is 0 Å². The third kappa shape index (κ3) is 17.5. The molecule has 0 saturated carbocycles. The molecule has 2 aliphatic rings. The molecule has 0 aromatic rings. The van der Waals surface area contributed by atoms with Gasteiger partial charge in [-0.1, -0.05) is 117 Å². The van der Waals surface area contributed by atoms with Crippen LogP contribution in [-0.4, -0.2) is 39.5 Å². The summed E-state index contributed by atoms with van der Waals surface area (Å²) in [6.45, 7) is 6.28. The van der Waals surface area contributed by atoms with Gasteiger partial charge in [-0.25, -0.2) is 4.57 Å². The first-order valence-electron chi connectivity index (χ1n) is 15.0. The van der Waals surface area contributed by atoms with Gasteiger partial charge in [-0.3, -0.25) is 0 Å². The quantitative estimate of drug-likeness (QED) is 0.0947. The summed E-state index contributed by atoms with van der Waals surface area (Å²) in [5.41, 5.74) is 0. The molecular weight excluding hydrogens is 479 g/mol. The maximum atomic E-state index is 8.88. The molecule has 2 heterocycles. The standard InChI is InChI=1S/C28H54O3.H3O4P/c1-3-5-7-9-11-13-15-17-19-21-27(23-25-29-27)31-28(24-26-30-28)22-20-18-16-14-12-10-8-6-4-2;1-5(2,3)4/h3-26H2,1-2H3;(H3,1,2,3,4). The van der Waals surface area contributed by atoms with E-state index in [4.69, 9.17) is 33.5 Å². The predicted molar refractivity (Wildman–Crippen MR) is 146 cm³/mol. The molecule has 0 bridgehead atoms. The Morgan fingerprint density at radius 1 is 0.583 bits per heavy atom. The van der Waals surface area contributed by atoms with E-state index >= 15 is 0 Å². The summed E-state index contributed by atoms with van der Waals surface area (Å²) >= 11 is 0. The van der Waals surface area contributed by atoms with Crippen molar-refractivity contribution in [2.24, 2.45) is 0 Å². The highest BCUT2D eigenvalue weighted by Gasteiger charge is 2.50. The molecule has 2 fully saturated rings. The molecule has 0 amide bonds. The largest absolute Gasteiger partial charge is 0.466 e. The lowest BCUT2D eigenvalue weighted by molar-refractivity contribution is -0.432. The molecule has 2 rings (SSSR count).